The van der Waals surface area contributed by atoms with Crippen LogP contribution in [-0.4, -0.2) is 22.1 Å². The van der Waals surface area contributed by atoms with Gasteiger partial charge in [0, 0.05) is 72.7 Å². The van der Waals surface area contributed by atoms with Crippen molar-refractivity contribution in [2.24, 2.45) is 5.92 Å². The van der Waals surface area contributed by atoms with Crippen LogP contribution in [0.5, 0.6) is 0 Å². The monoisotopic (exact) mass is 633 g/mol. The summed E-state index contributed by atoms with van der Waals surface area (Å²) in [4.78, 5) is 11.1. The van der Waals surface area contributed by atoms with E-state index in [2.05, 4.69) is 127 Å². The van der Waals surface area contributed by atoms with Gasteiger partial charge in [-0.3, -0.25) is 4.79 Å². The summed E-state index contributed by atoms with van der Waals surface area (Å²) in [6.45, 7) is 29.2. The van der Waals surface area contributed by atoms with Gasteiger partial charge >= 0.3 is 0 Å². The van der Waals surface area contributed by atoms with Gasteiger partial charge in [0.2, 0.25) is 0 Å². The summed E-state index contributed by atoms with van der Waals surface area (Å²) in [6, 6.07) is 0. The van der Waals surface area contributed by atoms with Gasteiger partial charge in [-0.05, 0) is 37.2 Å². The Hall–Kier alpha value is 0.944. The van der Waals surface area contributed by atoms with Gasteiger partial charge < -0.3 is 0 Å². The van der Waals surface area contributed by atoms with Crippen LogP contribution in [0.4, 0.5) is 4.48 Å². The first-order chi connectivity index (χ1) is 14.6. The number of carbonyl (C=O) groups excluding carboxylic acids is 1. The zero-order valence-electron chi connectivity index (χ0n) is 23.3. The van der Waals surface area contributed by atoms with Crippen LogP contribution >= 0.6 is 22.6 Å². The summed E-state index contributed by atoms with van der Waals surface area (Å²) in [7, 11) is -3.12. The van der Waals surface area contributed by atoms with Crippen LogP contribution in [0.3, 0.4) is 0 Å². The molecule has 0 aromatic heterocycles. The van der Waals surface area contributed by atoms with E-state index in [-0.39, 0.29) is 37.7 Å². The van der Waals surface area contributed by atoms with E-state index in [4.69, 9.17) is 0 Å². The van der Waals surface area contributed by atoms with Gasteiger partial charge in [-0.2, -0.15) is 5.54 Å². The third-order valence-corrected chi connectivity index (χ3v) is 20.7. The molecule has 0 heterocycles. The summed E-state index contributed by atoms with van der Waals surface area (Å²) in [6.07, 6.45) is 0.427. The van der Waals surface area contributed by atoms with Crippen molar-refractivity contribution in [3.63, 3.8) is 0 Å². The van der Waals surface area contributed by atoms with E-state index in [1.54, 1.807) is 6.92 Å². The van der Waals surface area contributed by atoms with E-state index >= 15 is 0 Å². The molecule has 2 nitrogen and oxygen atoms in total. The molecule has 194 valence electrons. The Morgan fingerprint density at radius 3 is 1.24 bits per heavy atom. The smallest absolute Gasteiger partial charge is 0.251 e. The van der Waals surface area contributed by atoms with Crippen molar-refractivity contribution in [3.05, 3.63) is 0 Å². The van der Waals surface area contributed by atoms with Crippen LogP contribution in [0.25, 0.3) is 0 Å². The predicted molar refractivity (Wildman–Crippen MR) is 155 cm³/mol. The van der Waals surface area contributed by atoms with Gasteiger partial charge in [-0.1, -0.05) is 90.0 Å². The fourth-order valence-electron chi connectivity index (χ4n) is 5.49. The van der Waals surface area contributed by atoms with Crippen molar-refractivity contribution in [3.8, 4) is 20.9 Å². The van der Waals surface area contributed by atoms with E-state index in [1.165, 1.54) is 5.54 Å². The third-order valence-electron chi connectivity index (χ3n) is 7.25. The molecule has 0 saturated heterocycles. The molecule has 1 atom stereocenters. The van der Waals surface area contributed by atoms with E-state index in [1.807, 2.05) is 0 Å². The maximum Gasteiger partial charge on any atom is 0.251 e. The molecule has 7 heteroatoms. The molecule has 0 unspecified atom stereocenters. The van der Waals surface area contributed by atoms with Crippen LogP contribution in [0.1, 0.15) is 96.4 Å². The number of halogens is 2. The molecule has 0 aliphatic carbocycles. The molecular weight excluding hydrogens is 584 g/mol. The van der Waals surface area contributed by atoms with E-state index in [0.29, 0.717) is 23.0 Å². The van der Waals surface area contributed by atoms with Crippen molar-refractivity contribution in [1.29, 1.82) is 0 Å². The van der Waals surface area contributed by atoms with Crippen molar-refractivity contribution in [2.75, 3.05) is 0 Å². The van der Waals surface area contributed by atoms with Crippen LogP contribution in [0, 0.1) is 64.6 Å². The van der Waals surface area contributed by atoms with E-state index in [9.17, 15) is 9.28 Å². The molecule has 1 amide bonds. The molecular formula is C26H49ArFINOSi2. The Morgan fingerprint density at radius 1 is 0.727 bits per heavy atom. The number of rotatable bonds is 8. The summed E-state index contributed by atoms with van der Waals surface area (Å²) < 4.78 is 15.2. The summed E-state index contributed by atoms with van der Waals surface area (Å²) in [5.74, 6) is 2.19. The Morgan fingerprint density at radius 2 is 1.03 bits per heavy atom. The predicted octanol–water partition coefficient (Wildman–Crippen LogP) is 8.84. The Labute approximate surface area is 251 Å². The maximum absolute atomic E-state index is 12.0. The number of carbonyl (C=O) groups is 1. The maximum atomic E-state index is 12.0. The Balaban J connectivity index is -0.000000566. The first kappa shape index (κ1) is 38.5. The molecule has 0 aliphatic heterocycles. The van der Waals surface area contributed by atoms with Crippen LogP contribution in [-0.2, 0) is 4.79 Å². The van der Waals surface area contributed by atoms with Gasteiger partial charge in [-0.15, -0.1) is 21.5 Å². The molecule has 0 bridgehead atoms. The third kappa shape index (κ3) is 10.8. The van der Waals surface area contributed by atoms with Crippen LogP contribution in [0.15, 0.2) is 0 Å². The van der Waals surface area contributed by atoms with Gasteiger partial charge in [0.25, 0.3) is 5.91 Å². The molecule has 0 rings (SSSR count). The summed E-state index contributed by atoms with van der Waals surface area (Å²) in [5, 5.41) is 0. The SMILES string of the molecule is CC(C)[Si](C#CC[C@H](C)C(=O)NF)(C(C)C)C(C)C.CC(C)[Si](C#CI)(C(C)C)C(C)C.[Ar]. The van der Waals surface area contributed by atoms with E-state index < -0.39 is 28.0 Å². The molecule has 0 aromatic carbocycles. The second-order valence-corrected chi connectivity index (χ2v) is 22.6. The average molecular weight is 634 g/mol. The Bertz CT molecular complexity index is 644. The summed E-state index contributed by atoms with van der Waals surface area (Å²) >= 11 is 2.19. The standard InChI is InChI=1S/C15H28FNOSi.C11H21ISi.Ar/c1-11(2)19(12(3)4,13(5)6)10-8-9-14(7)15(18)17-16;1-9(2)13(8-7-12,10(3)4)11(5)6;/h11-14H,9H2,1-7H3,(H,17,18);9-11H,1-6H3;/t14-;;/m0../s1. The van der Waals surface area contributed by atoms with Gasteiger partial charge in [0.1, 0.15) is 16.1 Å². The van der Waals surface area contributed by atoms with Crippen molar-refractivity contribution in [1.82, 2.24) is 5.54 Å². The fourth-order valence-corrected chi connectivity index (χ4v) is 17.2. The van der Waals surface area contributed by atoms with Gasteiger partial charge in [0.05, 0.1) is 0 Å². The average Bonchev–Trinajstić information content (AvgIpc) is 2.67. The zero-order chi connectivity index (χ0) is 25.9. The van der Waals surface area contributed by atoms with E-state index in [0.717, 1.165) is 16.6 Å². The molecule has 0 fully saturated rings. The van der Waals surface area contributed by atoms with Crippen molar-refractivity contribution >= 4 is 44.6 Å². The minimum atomic E-state index is -1.73. The molecule has 0 radical (unpaired) electrons. The fraction of sp³-hybridized carbons (Fsp3) is 0.808. The summed E-state index contributed by atoms with van der Waals surface area (Å²) in [5.41, 5.74) is 12.3. The van der Waals surface area contributed by atoms with Crippen LogP contribution in [0.2, 0.25) is 33.2 Å². The molecule has 1 N–H and O–H groups in total. The molecule has 0 aliphatic rings. The molecule has 33 heavy (non-hydrogen) atoms. The largest absolute Gasteiger partial charge is 0.272 e. The second kappa shape index (κ2) is 18.2. The number of amides is 1. The van der Waals surface area contributed by atoms with Crippen molar-refractivity contribution in [2.45, 2.75) is 130 Å². The number of hydrogen-bond donors (Lipinski definition) is 1. The zero-order valence-corrected chi connectivity index (χ0v) is 28.1. The van der Waals surface area contributed by atoms with Crippen LogP contribution < -0.4 is 5.54 Å². The first-order valence-corrected chi connectivity index (χ1v) is 17.7. The quantitative estimate of drug-likeness (QED) is 0.123. The normalized spacial score (nSPS) is 12.5. The number of hydrogen-bond acceptors (Lipinski definition) is 1. The number of nitrogens with one attached hydrogen (secondary N) is 1. The molecule has 0 spiro atoms. The minimum absolute atomic E-state index is 0. The molecule has 0 saturated carbocycles. The van der Waals surface area contributed by atoms with Gasteiger partial charge in [0.15, 0.2) is 0 Å². The minimum Gasteiger partial charge on any atom is -0.272 e. The van der Waals surface area contributed by atoms with Crippen molar-refractivity contribution < 1.29 is 47.0 Å². The topological polar surface area (TPSA) is 29.1 Å². The second-order valence-electron chi connectivity index (χ2n) is 10.9. The first-order valence-electron chi connectivity index (χ1n) is 12.1. The molecule has 0 aromatic rings. The van der Waals surface area contributed by atoms with Gasteiger partial charge in [-0.25, -0.2) is 0 Å². The Kier molecular flexibility index (Phi) is 21.3.